The third-order valence-corrected chi connectivity index (χ3v) is 3.97. The average molecular weight is 261 g/mol. The first-order chi connectivity index (χ1) is 8.78. The number of ether oxygens (including phenoxy) is 2. The first-order valence-electron chi connectivity index (χ1n) is 5.90. The van der Waals surface area contributed by atoms with Crippen LogP contribution in [0.4, 0.5) is 0 Å². The van der Waals surface area contributed by atoms with Gasteiger partial charge in [-0.15, -0.1) is 0 Å². The molecule has 2 heterocycles. The molecule has 0 spiro atoms. The minimum absolute atomic E-state index is 0.00579. The van der Waals surface area contributed by atoms with E-state index < -0.39 is 0 Å². The van der Waals surface area contributed by atoms with Crippen molar-refractivity contribution in [2.45, 2.75) is 18.6 Å². The van der Waals surface area contributed by atoms with E-state index in [2.05, 4.69) is 16.8 Å². The molecule has 0 amide bonds. The molecule has 0 radical (unpaired) electrons. The lowest BCUT2D eigenvalue weighted by Crippen LogP contribution is -2.23. The Balaban J connectivity index is 1.93. The lowest BCUT2D eigenvalue weighted by atomic mass is 9.94. The molecule has 3 nitrogen and oxygen atoms in total. The number of rotatable bonds is 2. The largest absolute Gasteiger partial charge is 0.497 e. The van der Waals surface area contributed by atoms with Gasteiger partial charge in [-0.1, -0.05) is 0 Å². The third kappa shape index (κ3) is 1.98. The van der Waals surface area contributed by atoms with Crippen LogP contribution in [0.3, 0.4) is 0 Å². The predicted octanol–water partition coefficient (Wildman–Crippen LogP) is 3.28. The quantitative estimate of drug-likeness (QED) is 0.902. The molecule has 0 saturated carbocycles. The smallest absolute Gasteiger partial charge is 0.126 e. The lowest BCUT2D eigenvalue weighted by Gasteiger charge is -2.30. The van der Waals surface area contributed by atoms with Crippen LogP contribution in [0.2, 0.25) is 0 Å². The van der Waals surface area contributed by atoms with Crippen LogP contribution in [0, 0.1) is 0 Å². The molecule has 1 aromatic heterocycles. The summed E-state index contributed by atoms with van der Waals surface area (Å²) in [5, 5.41) is 4.18. The summed E-state index contributed by atoms with van der Waals surface area (Å²) in [6.07, 6.45) is 0.865. The van der Waals surface area contributed by atoms with E-state index in [-0.39, 0.29) is 12.1 Å². The molecule has 94 valence electrons. The summed E-state index contributed by atoms with van der Waals surface area (Å²) in [4.78, 5) is 0. The van der Waals surface area contributed by atoms with Gasteiger partial charge < -0.3 is 15.2 Å². The monoisotopic (exact) mass is 261 g/mol. The molecule has 18 heavy (non-hydrogen) atoms. The topological polar surface area (TPSA) is 44.5 Å². The molecule has 2 aromatic rings. The number of fused-ring (bicyclic) bond motifs is 1. The van der Waals surface area contributed by atoms with Crippen LogP contribution < -0.4 is 15.2 Å². The summed E-state index contributed by atoms with van der Waals surface area (Å²) in [5.41, 5.74) is 8.47. The van der Waals surface area contributed by atoms with Crippen molar-refractivity contribution in [2.75, 3.05) is 7.11 Å². The standard InChI is InChI=1S/C14H15NO2S/c1-16-10-2-3-13-11(6-10)12(15)7-14(17-13)9-4-5-18-8-9/h2-6,8,12,14H,7,15H2,1H3/t12-,14?/m1/s1. The first-order valence-corrected chi connectivity index (χ1v) is 6.84. The number of benzene rings is 1. The Bertz CT molecular complexity index is 539. The molecule has 1 unspecified atom stereocenters. The van der Waals surface area contributed by atoms with Crippen molar-refractivity contribution < 1.29 is 9.47 Å². The molecule has 2 N–H and O–H groups in total. The third-order valence-electron chi connectivity index (χ3n) is 3.27. The highest BCUT2D eigenvalue weighted by atomic mass is 32.1. The maximum Gasteiger partial charge on any atom is 0.126 e. The molecular formula is C14H15NO2S. The van der Waals surface area contributed by atoms with Crippen molar-refractivity contribution in [2.24, 2.45) is 5.73 Å². The van der Waals surface area contributed by atoms with E-state index in [1.54, 1.807) is 18.4 Å². The number of thiophene rings is 1. The van der Waals surface area contributed by atoms with Gasteiger partial charge in [-0.3, -0.25) is 0 Å². The van der Waals surface area contributed by atoms with E-state index in [4.69, 9.17) is 15.2 Å². The second kappa shape index (κ2) is 4.63. The summed E-state index contributed by atoms with van der Waals surface area (Å²) >= 11 is 1.68. The molecule has 1 aromatic carbocycles. The summed E-state index contributed by atoms with van der Waals surface area (Å²) < 4.78 is 11.2. The van der Waals surface area contributed by atoms with E-state index in [1.807, 2.05) is 18.2 Å². The number of hydrogen-bond donors (Lipinski definition) is 1. The molecular weight excluding hydrogens is 246 g/mol. The van der Waals surface area contributed by atoms with Gasteiger partial charge in [-0.2, -0.15) is 11.3 Å². The van der Waals surface area contributed by atoms with Crippen LogP contribution in [-0.2, 0) is 0 Å². The molecule has 3 rings (SSSR count). The van der Waals surface area contributed by atoms with Crippen molar-refractivity contribution in [3.05, 3.63) is 46.2 Å². The molecule has 0 aliphatic carbocycles. The van der Waals surface area contributed by atoms with E-state index >= 15 is 0 Å². The Kier molecular flexibility index (Phi) is 2.97. The van der Waals surface area contributed by atoms with Crippen LogP contribution in [-0.4, -0.2) is 7.11 Å². The van der Waals surface area contributed by atoms with Crippen LogP contribution in [0.5, 0.6) is 11.5 Å². The molecule has 0 bridgehead atoms. The van der Waals surface area contributed by atoms with Gasteiger partial charge in [0.15, 0.2) is 0 Å². The summed E-state index contributed by atoms with van der Waals surface area (Å²) in [6, 6.07) is 7.89. The van der Waals surface area contributed by atoms with Gasteiger partial charge in [0.05, 0.1) is 7.11 Å². The zero-order valence-electron chi connectivity index (χ0n) is 10.1. The van der Waals surface area contributed by atoms with Crippen molar-refractivity contribution in [1.29, 1.82) is 0 Å². The molecule has 0 saturated heterocycles. The highest BCUT2D eigenvalue weighted by molar-refractivity contribution is 7.07. The molecule has 0 fully saturated rings. The fraction of sp³-hybridized carbons (Fsp3) is 0.286. The summed E-state index contributed by atoms with van der Waals surface area (Å²) in [6.45, 7) is 0. The highest BCUT2D eigenvalue weighted by Crippen LogP contribution is 2.41. The van der Waals surface area contributed by atoms with Crippen LogP contribution in [0.1, 0.15) is 29.7 Å². The van der Waals surface area contributed by atoms with Gasteiger partial charge in [0.25, 0.3) is 0 Å². The van der Waals surface area contributed by atoms with E-state index in [0.717, 1.165) is 23.5 Å². The van der Waals surface area contributed by atoms with Crippen molar-refractivity contribution in [3.8, 4) is 11.5 Å². The highest BCUT2D eigenvalue weighted by Gasteiger charge is 2.27. The number of nitrogens with two attached hydrogens (primary N) is 1. The van der Waals surface area contributed by atoms with Crippen molar-refractivity contribution in [3.63, 3.8) is 0 Å². The van der Waals surface area contributed by atoms with Crippen LogP contribution in [0.25, 0.3) is 0 Å². The van der Waals surface area contributed by atoms with Gasteiger partial charge in [0, 0.05) is 23.6 Å². The average Bonchev–Trinajstić information content (AvgIpc) is 2.92. The number of methoxy groups -OCH3 is 1. The Morgan fingerprint density at radius 2 is 2.28 bits per heavy atom. The zero-order chi connectivity index (χ0) is 12.5. The van der Waals surface area contributed by atoms with E-state index in [9.17, 15) is 0 Å². The Morgan fingerprint density at radius 3 is 3.00 bits per heavy atom. The molecule has 4 heteroatoms. The zero-order valence-corrected chi connectivity index (χ0v) is 10.9. The Morgan fingerprint density at radius 1 is 1.39 bits per heavy atom. The van der Waals surface area contributed by atoms with Crippen LogP contribution >= 0.6 is 11.3 Å². The van der Waals surface area contributed by atoms with Crippen molar-refractivity contribution in [1.82, 2.24) is 0 Å². The van der Waals surface area contributed by atoms with Gasteiger partial charge >= 0.3 is 0 Å². The maximum absolute atomic E-state index is 6.23. The van der Waals surface area contributed by atoms with Crippen LogP contribution in [0.15, 0.2) is 35.0 Å². The van der Waals surface area contributed by atoms with Gasteiger partial charge in [-0.05, 0) is 35.0 Å². The molecule has 1 aliphatic rings. The van der Waals surface area contributed by atoms with Crippen molar-refractivity contribution >= 4 is 11.3 Å². The van der Waals surface area contributed by atoms with E-state index in [0.29, 0.717) is 0 Å². The predicted molar refractivity (Wildman–Crippen MR) is 72.2 cm³/mol. The first kappa shape index (κ1) is 11.6. The molecule has 1 aliphatic heterocycles. The second-order valence-corrected chi connectivity index (χ2v) is 5.19. The normalized spacial score (nSPS) is 22.1. The van der Waals surface area contributed by atoms with Gasteiger partial charge in [0.1, 0.15) is 17.6 Å². The number of hydrogen-bond acceptors (Lipinski definition) is 4. The fourth-order valence-electron chi connectivity index (χ4n) is 2.27. The lowest BCUT2D eigenvalue weighted by molar-refractivity contribution is 0.161. The summed E-state index contributed by atoms with van der Waals surface area (Å²) in [7, 11) is 1.66. The summed E-state index contributed by atoms with van der Waals surface area (Å²) in [5.74, 6) is 1.69. The van der Waals surface area contributed by atoms with Gasteiger partial charge in [0.2, 0.25) is 0 Å². The Labute approximate surface area is 110 Å². The minimum atomic E-state index is -0.00579. The second-order valence-electron chi connectivity index (χ2n) is 4.41. The van der Waals surface area contributed by atoms with E-state index in [1.165, 1.54) is 5.56 Å². The SMILES string of the molecule is COc1ccc2c(c1)[C@H](N)CC(c1ccsc1)O2. The molecule has 2 atom stereocenters. The Hall–Kier alpha value is -1.52. The fourth-order valence-corrected chi connectivity index (χ4v) is 2.97. The maximum atomic E-state index is 6.23. The minimum Gasteiger partial charge on any atom is -0.497 e. The van der Waals surface area contributed by atoms with Gasteiger partial charge in [-0.25, -0.2) is 0 Å².